The minimum Gasteiger partial charge on any atom is -0.294 e. The monoisotopic (exact) mass is 576 g/mol. The summed E-state index contributed by atoms with van der Waals surface area (Å²) in [4.78, 5) is 12.4. The standard InChI is InChI=1S/C24H21Cl3F6OS/c1-13(11-35-12-24(31,32)33)7-21(34)15-5-3-14(4-6-15)20(28)10-17(23(2,29)30)16-8-18(25)22(27)19(26)9-16/h3-6,8-10,13,17H,7,11-12H2,1-2H3/b20-10-/t13-,17?/m0/s1. The van der Waals surface area contributed by atoms with E-state index < -0.39 is 29.6 Å². The Hall–Kier alpha value is -1.35. The van der Waals surface area contributed by atoms with Crippen LogP contribution in [0.4, 0.5) is 26.3 Å². The second kappa shape index (κ2) is 12.3. The van der Waals surface area contributed by atoms with Gasteiger partial charge in [0.25, 0.3) is 5.92 Å². The number of allylic oxidation sites excluding steroid dienone is 1. The molecule has 2 aromatic carbocycles. The quantitative estimate of drug-likeness (QED) is 0.159. The first-order chi connectivity index (χ1) is 16.1. The van der Waals surface area contributed by atoms with Crippen LogP contribution in [-0.4, -0.2) is 29.4 Å². The van der Waals surface area contributed by atoms with E-state index in [1.807, 2.05) is 0 Å². The summed E-state index contributed by atoms with van der Waals surface area (Å²) < 4.78 is 80.3. The van der Waals surface area contributed by atoms with Crippen molar-refractivity contribution in [2.24, 2.45) is 5.92 Å². The van der Waals surface area contributed by atoms with Gasteiger partial charge in [-0.05, 0) is 35.4 Å². The van der Waals surface area contributed by atoms with Gasteiger partial charge in [-0.2, -0.15) is 24.9 Å². The van der Waals surface area contributed by atoms with Crippen LogP contribution in [0, 0.1) is 5.92 Å². The molecule has 192 valence electrons. The molecule has 2 aromatic rings. The summed E-state index contributed by atoms with van der Waals surface area (Å²) >= 11 is 18.4. The van der Waals surface area contributed by atoms with Crippen molar-refractivity contribution in [1.82, 2.24) is 0 Å². The van der Waals surface area contributed by atoms with Crippen LogP contribution in [0.15, 0.2) is 42.5 Å². The van der Waals surface area contributed by atoms with Gasteiger partial charge in [0.1, 0.15) is 5.83 Å². The van der Waals surface area contributed by atoms with Crippen LogP contribution >= 0.6 is 46.6 Å². The van der Waals surface area contributed by atoms with Gasteiger partial charge in [0.15, 0.2) is 5.78 Å². The molecule has 0 saturated heterocycles. The van der Waals surface area contributed by atoms with Crippen LogP contribution in [0.1, 0.15) is 47.7 Å². The number of carbonyl (C=O) groups excluding carboxylic acids is 1. The van der Waals surface area contributed by atoms with Gasteiger partial charge in [0.2, 0.25) is 0 Å². The van der Waals surface area contributed by atoms with Crippen molar-refractivity contribution in [1.29, 1.82) is 0 Å². The lowest BCUT2D eigenvalue weighted by Gasteiger charge is -2.22. The molecular weight excluding hydrogens is 557 g/mol. The number of halogens is 9. The smallest absolute Gasteiger partial charge is 0.294 e. The van der Waals surface area contributed by atoms with Crippen molar-refractivity contribution in [2.45, 2.75) is 38.3 Å². The number of thioether (sulfide) groups is 1. The van der Waals surface area contributed by atoms with Crippen molar-refractivity contribution in [3.8, 4) is 0 Å². The number of ketones is 1. The van der Waals surface area contributed by atoms with Gasteiger partial charge in [-0.3, -0.25) is 4.79 Å². The van der Waals surface area contributed by atoms with Gasteiger partial charge in [0.05, 0.1) is 26.7 Å². The highest BCUT2D eigenvalue weighted by Gasteiger charge is 2.35. The molecule has 0 heterocycles. The highest BCUT2D eigenvalue weighted by atomic mass is 35.5. The lowest BCUT2D eigenvalue weighted by molar-refractivity contribution is -0.105. The molecule has 1 nitrogen and oxygen atoms in total. The maximum atomic E-state index is 14.9. The van der Waals surface area contributed by atoms with E-state index in [1.54, 1.807) is 6.92 Å². The van der Waals surface area contributed by atoms with Gasteiger partial charge in [-0.1, -0.05) is 66.0 Å². The molecule has 0 amide bonds. The van der Waals surface area contributed by atoms with Crippen LogP contribution in [-0.2, 0) is 0 Å². The fraction of sp³-hybridized carbons (Fsp3) is 0.375. The van der Waals surface area contributed by atoms with Crippen molar-refractivity contribution >= 4 is 58.2 Å². The maximum absolute atomic E-state index is 14.9. The van der Waals surface area contributed by atoms with Crippen LogP contribution in [0.2, 0.25) is 15.1 Å². The Morgan fingerprint density at radius 1 is 1.00 bits per heavy atom. The summed E-state index contributed by atoms with van der Waals surface area (Å²) in [6.45, 7) is 2.30. The van der Waals surface area contributed by atoms with E-state index in [0.717, 1.165) is 6.08 Å². The Bertz CT molecular complexity index is 1040. The summed E-state index contributed by atoms with van der Waals surface area (Å²) in [5.41, 5.74) is 0.176. The zero-order valence-corrected chi connectivity index (χ0v) is 21.6. The first-order valence-corrected chi connectivity index (χ1v) is 12.5. The summed E-state index contributed by atoms with van der Waals surface area (Å²) in [6, 6.07) is 7.62. The molecule has 11 heteroatoms. The average molecular weight is 578 g/mol. The predicted molar refractivity (Wildman–Crippen MR) is 132 cm³/mol. The normalized spacial score (nSPS) is 14.7. The van der Waals surface area contributed by atoms with Gasteiger partial charge in [0, 0.05) is 24.5 Å². The molecule has 1 unspecified atom stereocenters. The summed E-state index contributed by atoms with van der Waals surface area (Å²) in [6.07, 6.45) is -3.51. The maximum Gasteiger partial charge on any atom is 0.397 e. The molecule has 0 aliphatic rings. The predicted octanol–water partition coefficient (Wildman–Crippen LogP) is 9.90. The van der Waals surface area contributed by atoms with Crippen molar-refractivity contribution in [3.63, 3.8) is 0 Å². The summed E-state index contributed by atoms with van der Waals surface area (Å²) in [5, 5.41) is -0.106. The van der Waals surface area contributed by atoms with Crippen LogP contribution in [0.25, 0.3) is 5.83 Å². The first kappa shape index (κ1) is 29.9. The second-order valence-corrected chi connectivity index (χ2v) is 10.4. The van der Waals surface area contributed by atoms with E-state index in [2.05, 4.69) is 0 Å². The Balaban J connectivity index is 2.16. The molecule has 0 radical (unpaired) electrons. The third-order valence-electron chi connectivity index (χ3n) is 4.91. The Morgan fingerprint density at radius 3 is 2.00 bits per heavy atom. The Morgan fingerprint density at radius 2 is 1.51 bits per heavy atom. The molecule has 35 heavy (non-hydrogen) atoms. The lowest BCUT2D eigenvalue weighted by atomic mass is 9.91. The van der Waals surface area contributed by atoms with Crippen molar-refractivity contribution < 1.29 is 31.1 Å². The highest BCUT2D eigenvalue weighted by molar-refractivity contribution is 7.99. The molecule has 0 bridgehead atoms. The van der Waals surface area contributed by atoms with E-state index in [0.29, 0.717) is 18.7 Å². The number of hydrogen-bond donors (Lipinski definition) is 0. The van der Waals surface area contributed by atoms with Crippen LogP contribution in [0.5, 0.6) is 0 Å². The summed E-state index contributed by atoms with van der Waals surface area (Å²) in [7, 11) is 0. The van der Waals surface area contributed by atoms with Gasteiger partial charge in [-0.25, -0.2) is 13.2 Å². The average Bonchev–Trinajstić information content (AvgIpc) is 2.73. The molecule has 0 spiro atoms. The van der Waals surface area contributed by atoms with E-state index in [1.165, 1.54) is 36.4 Å². The van der Waals surface area contributed by atoms with Gasteiger partial charge < -0.3 is 0 Å². The van der Waals surface area contributed by atoms with Crippen LogP contribution < -0.4 is 0 Å². The number of benzene rings is 2. The van der Waals surface area contributed by atoms with E-state index >= 15 is 0 Å². The number of hydrogen-bond acceptors (Lipinski definition) is 2. The Labute approximate surface area is 218 Å². The molecule has 0 fully saturated rings. The molecule has 2 atom stereocenters. The topological polar surface area (TPSA) is 17.1 Å². The highest BCUT2D eigenvalue weighted by Crippen LogP contribution is 2.41. The van der Waals surface area contributed by atoms with Crippen LogP contribution in [0.3, 0.4) is 0 Å². The van der Waals surface area contributed by atoms with Crippen molar-refractivity contribution in [2.75, 3.05) is 11.5 Å². The largest absolute Gasteiger partial charge is 0.397 e. The van der Waals surface area contributed by atoms with E-state index in [9.17, 15) is 31.1 Å². The third-order valence-corrected chi connectivity index (χ3v) is 7.44. The molecular formula is C24H21Cl3F6OS. The molecule has 0 aliphatic heterocycles. The number of alkyl halides is 5. The Kier molecular flexibility index (Phi) is 10.5. The van der Waals surface area contributed by atoms with Gasteiger partial charge in [-0.15, -0.1) is 0 Å². The van der Waals surface area contributed by atoms with Crippen molar-refractivity contribution in [3.05, 3.63) is 74.2 Å². The zero-order valence-electron chi connectivity index (χ0n) is 18.5. The number of rotatable bonds is 10. The zero-order chi connectivity index (χ0) is 26.6. The SMILES string of the molecule is C[C@H](CSCC(F)(F)F)CC(=O)c1ccc(/C(F)=C/C(c2cc(Cl)c(Cl)c(Cl)c2)C(C)(F)F)cc1. The first-order valence-electron chi connectivity index (χ1n) is 10.3. The lowest BCUT2D eigenvalue weighted by Crippen LogP contribution is -2.21. The van der Waals surface area contributed by atoms with E-state index in [4.69, 9.17) is 34.8 Å². The fourth-order valence-corrected chi connectivity index (χ4v) is 4.70. The molecule has 2 rings (SSSR count). The molecule has 0 aliphatic carbocycles. The third kappa shape index (κ3) is 9.23. The molecule has 0 aromatic heterocycles. The molecule has 0 N–H and O–H groups in total. The number of carbonyl (C=O) groups is 1. The molecule has 0 saturated carbocycles. The minimum atomic E-state index is -4.27. The van der Waals surface area contributed by atoms with E-state index in [-0.39, 0.29) is 55.6 Å². The number of Topliss-reactive ketones (excluding diaryl/α,β-unsaturated/α-hetero) is 1. The van der Waals surface area contributed by atoms with Gasteiger partial charge >= 0.3 is 6.18 Å². The fourth-order valence-electron chi connectivity index (χ4n) is 3.22. The second-order valence-electron chi connectivity index (χ2n) is 8.19. The summed E-state index contributed by atoms with van der Waals surface area (Å²) in [5.74, 6) is -7.46. The minimum absolute atomic E-state index is 0.00627.